The van der Waals surface area contributed by atoms with E-state index in [4.69, 9.17) is 5.26 Å². The van der Waals surface area contributed by atoms with E-state index in [0.29, 0.717) is 0 Å². The smallest absolute Gasteiger partial charge is 0.261 e. The van der Waals surface area contributed by atoms with Gasteiger partial charge in [-0.1, -0.05) is 0 Å². The molecule has 0 amide bonds. The first kappa shape index (κ1) is 11.7. The molecule has 1 rings (SSSR count). The predicted octanol–water partition coefficient (Wildman–Crippen LogP) is -0.0457. The molecule has 15 heavy (non-hydrogen) atoms. The number of nitrogens with zero attached hydrogens (tertiary/aromatic N) is 4. The number of hydrogen-bond acceptors (Lipinski definition) is 4. The second-order valence-electron chi connectivity index (χ2n) is 3.11. The van der Waals surface area contributed by atoms with Crippen molar-refractivity contribution in [1.82, 2.24) is 13.9 Å². The van der Waals surface area contributed by atoms with Crippen molar-refractivity contribution in [1.29, 1.82) is 5.26 Å². The van der Waals surface area contributed by atoms with Gasteiger partial charge in [0.25, 0.3) is 10.0 Å². The van der Waals surface area contributed by atoms with Gasteiger partial charge in [-0.3, -0.25) is 0 Å². The average Bonchev–Trinajstić information content (AvgIpc) is 2.61. The highest BCUT2D eigenvalue weighted by Crippen LogP contribution is 2.10. The molecule has 82 valence electrons. The van der Waals surface area contributed by atoms with E-state index in [1.807, 2.05) is 6.07 Å². The Morgan fingerprint density at radius 1 is 1.67 bits per heavy atom. The van der Waals surface area contributed by atoms with Crippen molar-refractivity contribution in [2.45, 2.75) is 11.4 Å². The summed E-state index contributed by atoms with van der Waals surface area (Å²) in [5, 5.41) is 8.37. The number of rotatable bonds is 4. The zero-order valence-electron chi connectivity index (χ0n) is 8.58. The summed E-state index contributed by atoms with van der Waals surface area (Å²) < 4.78 is 26.3. The minimum atomic E-state index is -3.54. The van der Waals surface area contributed by atoms with Gasteiger partial charge in [0.15, 0.2) is 5.03 Å². The van der Waals surface area contributed by atoms with E-state index in [0.717, 1.165) is 4.31 Å². The Bertz CT molecular complexity index is 471. The summed E-state index contributed by atoms with van der Waals surface area (Å²) in [7, 11) is -0.412. The minimum absolute atomic E-state index is 0.00504. The Morgan fingerprint density at radius 3 is 2.80 bits per heavy atom. The van der Waals surface area contributed by atoms with Gasteiger partial charge in [-0.2, -0.15) is 9.57 Å². The number of sulfonamides is 1. The molecule has 0 bridgehead atoms. The molecule has 0 aliphatic rings. The fraction of sp³-hybridized carbons (Fsp3) is 0.500. The molecular weight excluding hydrogens is 216 g/mol. The van der Waals surface area contributed by atoms with Crippen LogP contribution in [0.15, 0.2) is 17.6 Å². The average molecular weight is 228 g/mol. The van der Waals surface area contributed by atoms with E-state index in [-0.39, 0.29) is 18.0 Å². The topological polar surface area (TPSA) is 79.0 Å². The largest absolute Gasteiger partial charge is 0.339 e. The summed E-state index contributed by atoms with van der Waals surface area (Å²) >= 11 is 0. The quantitative estimate of drug-likeness (QED) is 0.724. The maximum Gasteiger partial charge on any atom is 0.261 e. The molecule has 0 N–H and O–H groups in total. The Kier molecular flexibility index (Phi) is 3.44. The highest BCUT2D eigenvalue weighted by molar-refractivity contribution is 7.89. The zero-order valence-corrected chi connectivity index (χ0v) is 9.40. The molecule has 1 aromatic rings. The Hall–Kier alpha value is -1.39. The van der Waals surface area contributed by atoms with Crippen LogP contribution in [-0.4, -0.2) is 35.9 Å². The van der Waals surface area contributed by atoms with Gasteiger partial charge in [0, 0.05) is 33.3 Å². The van der Waals surface area contributed by atoms with Crippen molar-refractivity contribution >= 4 is 10.0 Å². The fourth-order valence-corrected chi connectivity index (χ4v) is 2.14. The van der Waals surface area contributed by atoms with Gasteiger partial charge in [-0.05, 0) is 0 Å². The van der Waals surface area contributed by atoms with Crippen LogP contribution < -0.4 is 0 Å². The monoisotopic (exact) mass is 228 g/mol. The molecule has 0 saturated heterocycles. The highest BCUT2D eigenvalue weighted by Gasteiger charge is 2.22. The summed E-state index contributed by atoms with van der Waals surface area (Å²) in [6.45, 7) is 0.176. The molecule has 0 aliphatic carbocycles. The molecule has 6 nitrogen and oxygen atoms in total. The Labute approximate surface area is 88.8 Å². The third-order valence-corrected chi connectivity index (χ3v) is 3.64. The maximum absolute atomic E-state index is 11.8. The molecule has 0 fully saturated rings. The van der Waals surface area contributed by atoms with E-state index in [2.05, 4.69) is 4.98 Å². The van der Waals surface area contributed by atoms with Crippen LogP contribution in [0.1, 0.15) is 6.42 Å². The van der Waals surface area contributed by atoms with Crippen LogP contribution in [0.3, 0.4) is 0 Å². The lowest BCUT2D eigenvalue weighted by atomic mass is 10.5. The number of imidazole rings is 1. The van der Waals surface area contributed by atoms with E-state index in [1.165, 1.54) is 19.6 Å². The van der Waals surface area contributed by atoms with Crippen LogP contribution in [0.5, 0.6) is 0 Å². The lowest BCUT2D eigenvalue weighted by molar-refractivity contribution is 0.474. The summed E-state index contributed by atoms with van der Waals surface area (Å²) in [6, 6.07) is 1.90. The van der Waals surface area contributed by atoms with Crippen molar-refractivity contribution in [2.24, 2.45) is 7.05 Å². The maximum atomic E-state index is 11.8. The first-order chi connectivity index (χ1) is 6.98. The first-order valence-electron chi connectivity index (χ1n) is 4.29. The first-order valence-corrected chi connectivity index (χ1v) is 5.73. The number of hydrogen-bond donors (Lipinski definition) is 0. The molecular formula is C8H12N4O2S. The highest BCUT2D eigenvalue weighted by atomic mass is 32.2. The lowest BCUT2D eigenvalue weighted by Crippen LogP contribution is -2.28. The van der Waals surface area contributed by atoms with Gasteiger partial charge >= 0.3 is 0 Å². The van der Waals surface area contributed by atoms with Gasteiger partial charge in [-0.15, -0.1) is 0 Å². The summed E-state index contributed by atoms with van der Waals surface area (Å²) in [5.74, 6) is 0. The zero-order chi connectivity index (χ0) is 11.5. The summed E-state index contributed by atoms with van der Waals surface area (Å²) in [4.78, 5) is 3.77. The van der Waals surface area contributed by atoms with Crippen molar-refractivity contribution < 1.29 is 8.42 Å². The van der Waals surface area contributed by atoms with Crippen molar-refractivity contribution in [3.63, 3.8) is 0 Å². The van der Waals surface area contributed by atoms with Gasteiger partial charge in [0.05, 0.1) is 12.4 Å². The normalized spacial score (nSPS) is 11.6. The van der Waals surface area contributed by atoms with Crippen LogP contribution in [0.25, 0.3) is 0 Å². The molecule has 0 atom stereocenters. The van der Waals surface area contributed by atoms with E-state index < -0.39 is 10.0 Å². The van der Waals surface area contributed by atoms with Crippen molar-refractivity contribution in [2.75, 3.05) is 13.6 Å². The van der Waals surface area contributed by atoms with E-state index in [9.17, 15) is 8.42 Å². The Balaban J connectivity index is 2.89. The SMILES string of the molecule is CN(CCC#N)S(=O)(=O)c1cn(C)cn1. The third-order valence-electron chi connectivity index (χ3n) is 1.89. The number of aromatic nitrogens is 2. The van der Waals surface area contributed by atoms with Gasteiger partial charge in [0.1, 0.15) is 0 Å². The van der Waals surface area contributed by atoms with Gasteiger partial charge < -0.3 is 4.57 Å². The molecule has 1 aromatic heterocycles. The second-order valence-corrected chi connectivity index (χ2v) is 5.10. The van der Waals surface area contributed by atoms with E-state index in [1.54, 1.807) is 11.6 Å². The molecule has 0 spiro atoms. The summed E-state index contributed by atoms with van der Waals surface area (Å²) in [5.41, 5.74) is 0. The molecule has 7 heteroatoms. The minimum Gasteiger partial charge on any atom is -0.339 e. The van der Waals surface area contributed by atoms with Crippen LogP contribution in [-0.2, 0) is 17.1 Å². The number of aryl methyl sites for hydroxylation is 1. The lowest BCUT2D eigenvalue weighted by Gasteiger charge is -2.13. The van der Waals surface area contributed by atoms with Crippen LogP contribution in [0.2, 0.25) is 0 Å². The molecule has 0 aromatic carbocycles. The number of nitriles is 1. The van der Waals surface area contributed by atoms with Crippen molar-refractivity contribution in [3.05, 3.63) is 12.5 Å². The van der Waals surface area contributed by atoms with Crippen LogP contribution in [0.4, 0.5) is 0 Å². The van der Waals surface area contributed by atoms with Crippen LogP contribution >= 0.6 is 0 Å². The van der Waals surface area contributed by atoms with E-state index >= 15 is 0 Å². The molecule has 1 heterocycles. The summed E-state index contributed by atoms with van der Waals surface area (Å²) in [6.07, 6.45) is 3.02. The van der Waals surface area contributed by atoms with Gasteiger partial charge in [0.2, 0.25) is 0 Å². The fourth-order valence-electron chi connectivity index (χ4n) is 1.01. The van der Waals surface area contributed by atoms with Crippen molar-refractivity contribution in [3.8, 4) is 6.07 Å². The van der Waals surface area contributed by atoms with Gasteiger partial charge in [-0.25, -0.2) is 13.4 Å². The molecule has 0 saturated carbocycles. The third kappa shape index (κ3) is 2.55. The molecule has 0 aliphatic heterocycles. The van der Waals surface area contributed by atoms with Crippen LogP contribution in [0, 0.1) is 11.3 Å². The second kappa shape index (κ2) is 4.42. The standard InChI is InChI=1S/C8H12N4O2S/c1-11-6-8(10-7-11)15(13,14)12(2)5-3-4-9/h6-7H,3,5H2,1-2H3. The molecule has 0 radical (unpaired) electrons. The predicted molar refractivity (Wildman–Crippen MR) is 53.3 cm³/mol. The Morgan fingerprint density at radius 2 is 2.33 bits per heavy atom. The molecule has 0 unspecified atom stereocenters.